The summed E-state index contributed by atoms with van der Waals surface area (Å²) in [5.41, 5.74) is 0.196. The molecule has 1 aromatic rings. The van der Waals surface area contributed by atoms with E-state index in [1.807, 2.05) is 0 Å². The Morgan fingerprint density at radius 1 is 1.33 bits per heavy atom. The van der Waals surface area contributed by atoms with Gasteiger partial charge < -0.3 is 4.90 Å². The minimum Gasteiger partial charge on any atom is -0.342 e. The molecule has 0 aliphatic rings. The summed E-state index contributed by atoms with van der Waals surface area (Å²) in [6.07, 6.45) is 2.98. The summed E-state index contributed by atoms with van der Waals surface area (Å²) >= 11 is 9.03. The minimum atomic E-state index is -3.99. The first-order valence-electron chi connectivity index (χ1n) is 6.37. The predicted molar refractivity (Wildman–Crippen MR) is 88.7 cm³/mol. The van der Waals surface area contributed by atoms with Crippen molar-refractivity contribution in [1.29, 1.82) is 0 Å². The second-order valence-electron chi connectivity index (χ2n) is 4.64. The topological polar surface area (TPSA) is 54.5 Å². The number of hydrogen-bond acceptors (Lipinski definition) is 3. The highest BCUT2D eigenvalue weighted by atomic mass is 79.9. The van der Waals surface area contributed by atoms with E-state index in [-0.39, 0.29) is 25.9 Å². The van der Waals surface area contributed by atoms with E-state index in [0.717, 1.165) is 19.3 Å². The lowest BCUT2D eigenvalue weighted by Crippen LogP contribution is -2.27. The number of carbonyl (C=O) groups excluding carboxylic acids is 1. The molecule has 4 nitrogen and oxygen atoms in total. The van der Waals surface area contributed by atoms with Gasteiger partial charge in [0.1, 0.15) is 0 Å². The first kappa shape index (κ1) is 18.7. The summed E-state index contributed by atoms with van der Waals surface area (Å²) in [7, 11) is 3.03. The van der Waals surface area contributed by atoms with Crippen LogP contribution in [0.3, 0.4) is 0 Å². The average Bonchev–Trinajstić information content (AvgIpc) is 2.39. The van der Waals surface area contributed by atoms with Crippen molar-refractivity contribution in [3.8, 4) is 0 Å². The summed E-state index contributed by atoms with van der Waals surface area (Å²) < 4.78 is 23.2. The van der Waals surface area contributed by atoms with E-state index >= 15 is 0 Å². The quantitative estimate of drug-likeness (QED) is 0.513. The minimum absolute atomic E-state index is 0.127. The molecule has 0 unspecified atom stereocenters. The van der Waals surface area contributed by atoms with Crippen molar-refractivity contribution in [2.75, 3.05) is 13.6 Å². The van der Waals surface area contributed by atoms with Gasteiger partial charge in [-0.15, -0.1) is 0 Å². The van der Waals surface area contributed by atoms with Gasteiger partial charge in [-0.3, -0.25) is 4.79 Å². The van der Waals surface area contributed by atoms with Crippen molar-refractivity contribution in [3.63, 3.8) is 0 Å². The summed E-state index contributed by atoms with van der Waals surface area (Å²) in [6, 6.07) is 2.66. The van der Waals surface area contributed by atoms with Gasteiger partial charge in [0.25, 0.3) is 15.0 Å². The molecular formula is C13H16BrCl2NO3S. The molecule has 0 saturated carbocycles. The predicted octanol–water partition coefficient (Wildman–Crippen LogP) is 4.29. The highest BCUT2D eigenvalue weighted by Gasteiger charge is 2.21. The Bertz CT molecular complexity index is 635. The normalized spacial score (nSPS) is 11.5. The highest BCUT2D eigenvalue weighted by Crippen LogP contribution is 2.33. The molecule has 21 heavy (non-hydrogen) atoms. The lowest BCUT2D eigenvalue weighted by Gasteiger charge is -2.18. The first-order chi connectivity index (χ1) is 9.68. The average molecular weight is 417 g/mol. The van der Waals surface area contributed by atoms with Gasteiger partial charge in [-0.1, -0.05) is 31.4 Å². The Kier molecular flexibility index (Phi) is 6.97. The molecule has 1 rings (SSSR count). The van der Waals surface area contributed by atoms with E-state index in [2.05, 4.69) is 22.9 Å². The van der Waals surface area contributed by atoms with Gasteiger partial charge in [0.05, 0.1) is 14.4 Å². The monoisotopic (exact) mass is 415 g/mol. The van der Waals surface area contributed by atoms with Crippen LogP contribution in [0, 0.1) is 0 Å². The molecule has 0 N–H and O–H groups in total. The zero-order valence-corrected chi connectivity index (χ0v) is 15.6. The van der Waals surface area contributed by atoms with E-state index in [1.165, 1.54) is 12.1 Å². The third kappa shape index (κ3) is 5.13. The third-order valence-electron chi connectivity index (χ3n) is 2.95. The highest BCUT2D eigenvalue weighted by molar-refractivity contribution is 9.10. The Labute approximate surface area is 143 Å². The number of hydrogen-bond donors (Lipinski definition) is 0. The van der Waals surface area contributed by atoms with Crippen molar-refractivity contribution >= 4 is 53.2 Å². The molecule has 0 aliphatic carbocycles. The molecule has 0 spiro atoms. The fourth-order valence-corrected chi connectivity index (χ4v) is 4.17. The molecule has 0 heterocycles. The number of unbranched alkanes of at least 4 members (excludes halogenated alkanes) is 2. The van der Waals surface area contributed by atoms with Gasteiger partial charge in [-0.2, -0.15) is 0 Å². The molecule has 0 atom stereocenters. The number of halogens is 3. The smallest absolute Gasteiger partial charge is 0.262 e. The summed E-state index contributed by atoms with van der Waals surface area (Å²) in [4.78, 5) is 13.6. The van der Waals surface area contributed by atoms with Crippen LogP contribution in [0.25, 0.3) is 0 Å². The zero-order valence-electron chi connectivity index (χ0n) is 11.7. The van der Waals surface area contributed by atoms with Gasteiger partial charge in [0, 0.05) is 29.8 Å². The lowest BCUT2D eigenvalue weighted by molar-refractivity contribution is 0.0792. The van der Waals surface area contributed by atoms with Crippen molar-refractivity contribution in [1.82, 2.24) is 4.90 Å². The van der Waals surface area contributed by atoms with Crippen molar-refractivity contribution in [3.05, 3.63) is 27.2 Å². The Morgan fingerprint density at radius 3 is 2.48 bits per heavy atom. The Hall–Kier alpha value is -0.300. The second-order valence-corrected chi connectivity index (χ2v) is 8.38. The fourth-order valence-electron chi connectivity index (χ4n) is 1.79. The van der Waals surface area contributed by atoms with Crippen molar-refractivity contribution in [2.45, 2.75) is 31.1 Å². The van der Waals surface area contributed by atoms with Crippen LogP contribution in [0.5, 0.6) is 0 Å². The van der Waals surface area contributed by atoms with Gasteiger partial charge in [0.15, 0.2) is 0 Å². The van der Waals surface area contributed by atoms with Crippen LogP contribution in [-0.2, 0) is 9.05 Å². The molecule has 0 fully saturated rings. The van der Waals surface area contributed by atoms with Crippen molar-refractivity contribution in [2.24, 2.45) is 0 Å². The number of nitrogens with zero attached hydrogens (tertiary/aromatic N) is 1. The maximum absolute atomic E-state index is 12.3. The van der Waals surface area contributed by atoms with Gasteiger partial charge in [-0.05, 0) is 34.5 Å². The maximum atomic E-state index is 12.3. The molecule has 1 amide bonds. The van der Waals surface area contributed by atoms with Crippen LogP contribution < -0.4 is 0 Å². The summed E-state index contributed by atoms with van der Waals surface area (Å²) in [6.45, 7) is 2.68. The van der Waals surface area contributed by atoms with E-state index in [9.17, 15) is 13.2 Å². The van der Waals surface area contributed by atoms with Crippen LogP contribution in [0.1, 0.15) is 36.5 Å². The fraction of sp³-hybridized carbons (Fsp3) is 0.462. The van der Waals surface area contributed by atoms with E-state index in [4.69, 9.17) is 22.3 Å². The molecule has 0 aliphatic heterocycles. The van der Waals surface area contributed by atoms with Crippen LogP contribution in [-0.4, -0.2) is 32.8 Å². The summed E-state index contributed by atoms with van der Waals surface area (Å²) in [5.74, 6) is -0.290. The maximum Gasteiger partial charge on any atom is 0.262 e. The number of benzene rings is 1. The zero-order chi connectivity index (χ0) is 16.2. The lowest BCUT2D eigenvalue weighted by atomic mass is 10.2. The molecule has 0 radical (unpaired) electrons. The number of carbonyl (C=O) groups is 1. The summed E-state index contributed by atoms with van der Waals surface area (Å²) in [5, 5.41) is 0.127. The van der Waals surface area contributed by atoms with Crippen molar-refractivity contribution < 1.29 is 13.2 Å². The first-order valence-corrected chi connectivity index (χ1v) is 9.85. The largest absolute Gasteiger partial charge is 0.342 e. The van der Waals surface area contributed by atoms with Gasteiger partial charge in [-0.25, -0.2) is 8.42 Å². The molecule has 1 aromatic carbocycles. The Morgan fingerprint density at radius 2 is 1.95 bits per heavy atom. The molecule has 118 valence electrons. The van der Waals surface area contributed by atoms with Gasteiger partial charge >= 0.3 is 0 Å². The SMILES string of the molecule is CCCCCN(C)C(=O)c1cc(Cl)c(Br)c(S(=O)(=O)Cl)c1. The number of amides is 1. The Balaban J connectivity index is 3.09. The van der Waals surface area contributed by atoms with E-state index in [1.54, 1.807) is 11.9 Å². The standard InChI is InChI=1S/C13H16BrCl2NO3S/c1-3-4-5-6-17(2)13(18)9-7-10(15)12(14)11(8-9)21(16,19)20/h7-8H,3-6H2,1-2H3. The van der Waals surface area contributed by atoms with Crippen LogP contribution >= 0.6 is 38.2 Å². The molecule has 0 bridgehead atoms. The molecular weight excluding hydrogens is 401 g/mol. The van der Waals surface area contributed by atoms with E-state index < -0.39 is 9.05 Å². The molecule has 8 heteroatoms. The van der Waals surface area contributed by atoms with Crippen LogP contribution in [0.2, 0.25) is 5.02 Å². The van der Waals surface area contributed by atoms with E-state index in [0.29, 0.717) is 6.54 Å². The van der Waals surface area contributed by atoms with Gasteiger partial charge in [0.2, 0.25) is 0 Å². The molecule has 0 aromatic heterocycles. The van der Waals surface area contributed by atoms with Crippen LogP contribution in [0.4, 0.5) is 0 Å². The molecule has 0 saturated heterocycles. The number of rotatable bonds is 6. The third-order valence-corrected chi connectivity index (χ3v) is 5.94. The second kappa shape index (κ2) is 7.81. The van der Waals surface area contributed by atoms with Crippen LogP contribution in [0.15, 0.2) is 21.5 Å².